The molecule has 3 N–H and O–H groups in total. The van der Waals surface area contributed by atoms with Gasteiger partial charge in [0.25, 0.3) is 5.91 Å². The number of amides is 1. The third kappa shape index (κ3) is 3.38. The van der Waals surface area contributed by atoms with Crippen LogP contribution < -0.4 is 11.1 Å². The van der Waals surface area contributed by atoms with Gasteiger partial charge >= 0.3 is 0 Å². The van der Waals surface area contributed by atoms with Crippen molar-refractivity contribution in [2.75, 3.05) is 5.73 Å². The number of carbonyl (C=O) groups is 1. The molecule has 2 rings (SSSR count). The highest BCUT2D eigenvalue weighted by molar-refractivity contribution is 6.29. The highest BCUT2D eigenvalue weighted by atomic mass is 35.5. The molecule has 6 nitrogen and oxygen atoms in total. The van der Waals surface area contributed by atoms with E-state index in [0.717, 1.165) is 5.69 Å². The number of nitrogens with zero attached hydrogens (tertiary/aromatic N) is 3. The standard InChI is InChI=1S/C12H12ClN5O/c1-7-3-16-8(4-15-7)5-18-12(19)9-2-11(13)17-6-10(9)14/h2-4,6H,5,14H2,1H3,(H,18,19). The van der Waals surface area contributed by atoms with Crippen LogP contribution in [0.1, 0.15) is 21.7 Å². The van der Waals surface area contributed by atoms with Gasteiger partial charge < -0.3 is 11.1 Å². The van der Waals surface area contributed by atoms with Crippen molar-refractivity contribution in [3.05, 3.63) is 46.8 Å². The maximum atomic E-state index is 11.9. The van der Waals surface area contributed by atoms with Crippen molar-refractivity contribution < 1.29 is 4.79 Å². The second-order valence-corrected chi connectivity index (χ2v) is 4.31. The van der Waals surface area contributed by atoms with E-state index in [0.29, 0.717) is 11.3 Å². The Kier molecular flexibility index (Phi) is 3.91. The Hall–Kier alpha value is -2.21. The van der Waals surface area contributed by atoms with Crippen LogP contribution in [0, 0.1) is 6.92 Å². The van der Waals surface area contributed by atoms with Gasteiger partial charge in [0.05, 0.1) is 41.6 Å². The first kappa shape index (κ1) is 13.2. The highest BCUT2D eigenvalue weighted by Crippen LogP contribution is 2.14. The summed E-state index contributed by atoms with van der Waals surface area (Å²) in [6.07, 6.45) is 4.60. The molecule has 0 radical (unpaired) electrons. The minimum absolute atomic E-state index is 0.217. The monoisotopic (exact) mass is 277 g/mol. The number of hydrogen-bond acceptors (Lipinski definition) is 5. The summed E-state index contributed by atoms with van der Waals surface area (Å²) >= 11 is 5.73. The van der Waals surface area contributed by atoms with Gasteiger partial charge in [0, 0.05) is 6.20 Å². The van der Waals surface area contributed by atoms with Crippen molar-refractivity contribution in [3.63, 3.8) is 0 Å². The van der Waals surface area contributed by atoms with E-state index in [2.05, 4.69) is 20.3 Å². The first-order valence-electron chi connectivity index (χ1n) is 5.53. The van der Waals surface area contributed by atoms with Gasteiger partial charge in [-0.25, -0.2) is 4.98 Å². The van der Waals surface area contributed by atoms with Crippen molar-refractivity contribution in [1.82, 2.24) is 20.3 Å². The van der Waals surface area contributed by atoms with E-state index < -0.39 is 0 Å². The van der Waals surface area contributed by atoms with Crippen LogP contribution in [0.15, 0.2) is 24.7 Å². The van der Waals surface area contributed by atoms with Crippen molar-refractivity contribution in [1.29, 1.82) is 0 Å². The molecule has 0 aliphatic rings. The van der Waals surface area contributed by atoms with Crippen LogP contribution in [-0.2, 0) is 6.54 Å². The van der Waals surface area contributed by atoms with E-state index in [-0.39, 0.29) is 23.3 Å². The second-order valence-electron chi connectivity index (χ2n) is 3.93. The molecule has 0 aromatic carbocycles. The smallest absolute Gasteiger partial charge is 0.253 e. The lowest BCUT2D eigenvalue weighted by atomic mass is 10.2. The molecule has 0 bridgehead atoms. The average molecular weight is 278 g/mol. The number of anilines is 1. The molecular formula is C12H12ClN5O. The van der Waals surface area contributed by atoms with Crippen LogP contribution >= 0.6 is 11.6 Å². The van der Waals surface area contributed by atoms with Gasteiger partial charge in [0.2, 0.25) is 0 Å². The first-order valence-corrected chi connectivity index (χ1v) is 5.91. The Balaban J connectivity index is 2.05. The number of pyridine rings is 1. The Bertz CT molecular complexity index is 600. The molecule has 2 aromatic rings. The number of rotatable bonds is 3. The molecule has 0 saturated heterocycles. The normalized spacial score (nSPS) is 10.2. The summed E-state index contributed by atoms with van der Waals surface area (Å²) in [5, 5.41) is 2.91. The number of nitrogens with two attached hydrogens (primary N) is 1. The summed E-state index contributed by atoms with van der Waals surface area (Å²) in [5.74, 6) is -0.329. The lowest BCUT2D eigenvalue weighted by molar-refractivity contribution is 0.0951. The van der Waals surface area contributed by atoms with Crippen LogP contribution in [0.3, 0.4) is 0 Å². The SMILES string of the molecule is Cc1cnc(CNC(=O)c2cc(Cl)ncc2N)cn1. The van der Waals surface area contributed by atoms with Gasteiger partial charge in [0.1, 0.15) is 5.15 Å². The maximum absolute atomic E-state index is 11.9. The number of aromatic nitrogens is 3. The second kappa shape index (κ2) is 5.62. The topological polar surface area (TPSA) is 93.8 Å². The van der Waals surface area contributed by atoms with Gasteiger partial charge in [0.15, 0.2) is 0 Å². The molecule has 7 heteroatoms. The fraction of sp³-hybridized carbons (Fsp3) is 0.167. The molecule has 2 heterocycles. The van der Waals surface area contributed by atoms with Crippen LogP contribution in [0.4, 0.5) is 5.69 Å². The minimum Gasteiger partial charge on any atom is -0.397 e. The summed E-state index contributed by atoms with van der Waals surface area (Å²) in [4.78, 5) is 23.9. The van der Waals surface area contributed by atoms with Crippen molar-refractivity contribution in [2.45, 2.75) is 13.5 Å². The number of carbonyl (C=O) groups excluding carboxylic acids is 1. The first-order chi connectivity index (χ1) is 9.06. The molecule has 2 aromatic heterocycles. The van der Waals surface area contributed by atoms with Gasteiger partial charge in [-0.1, -0.05) is 11.6 Å². The third-order valence-corrected chi connectivity index (χ3v) is 2.62. The van der Waals surface area contributed by atoms with Crippen molar-refractivity contribution in [3.8, 4) is 0 Å². The Morgan fingerprint density at radius 1 is 1.32 bits per heavy atom. The number of hydrogen-bond donors (Lipinski definition) is 2. The zero-order valence-electron chi connectivity index (χ0n) is 10.2. The molecule has 0 unspecified atom stereocenters. The summed E-state index contributed by atoms with van der Waals surface area (Å²) in [6.45, 7) is 2.11. The van der Waals surface area contributed by atoms with Crippen molar-refractivity contribution >= 4 is 23.2 Å². The molecule has 0 fully saturated rings. The number of nitrogen functional groups attached to an aromatic ring is 1. The predicted octanol–water partition coefficient (Wildman–Crippen LogP) is 1.35. The zero-order chi connectivity index (χ0) is 13.8. The van der Waals surface area contributed by atoms with E-state index in [4.69, 9.17) is 17.3 Å². The number of nitrogens with one attached hydrogen (secondary N) is 1. The summed E-state index contributed by atoms with van der Waals surface area (Å²) < 4.78 is 0. The molecule has 0 spiro atoms. The molecular weight excluding hydrogens is 266 g/mol. The van der Waals surface area contributed by atoms with E-state index in [9.17, 15) is 4.79 Å². The van der Waals surface area contributed by atoms with E-state index in [1.165, 1.54) is 12.3 Å². The van der Waals surface area contributed by atoms with Gasteiger partial charge in [-0.2, -0.15) is 0 Å². The molecule has 0 atom stereocenters. The fourth-order valence-corrected chi connectivity index (χ4v) is 1.57. The third-order valence-electron chi connectivity index (χ3n) is 2.41. The molecule has 98 valence electrons. The molecule has 1 amide bonds. The van der Waals surface area contributed by atoms with E-state index in [1.54, 1.807) is 12.4 Å². The Morgan fingerprint density at radius 2 is 2.11 bits per heavy atom. The number of halogens is 1. The quantitative estimate of drug-likeness (QED) is 0.826. The van der Waals surface area contributed by atoms with Crippen LogP contribution in [-0.4, -0.2) is 20.9 Å². The summed E-state index contributed by atoms with van der Waals surface area (Å²) in [5.41, 5.74) is 7.72. The largest absolute Gasteiger partial charge is 0.397 e. The molecule has 19 heavy (non-hydrogen) atoms. The van der Waals surface area contributed by atoms with Crippen LogP contribution in [0.2, 0.25) is 5.15 Å². The van der Waals surface area contributed by atoms with E-state index in [1.807, 2.05) is 6.92 Å². The maximum Gasteiger partial charge on any atom is 0.253 e. The minimum atomic E-state index is -0.329. The molecule has 0 saturated carbocycles. The van der Waals surface area contributed by atoms with Gasteiger partial charge in [-0.3, -0.25) is 14.8 Å². The fourth-order valence-electron chi connectivity index (χ4n) is 1.41. The van der Waals surface area contributed by atoms with Gasteiger partial charge in [-0.05, 0) is 13.0 Å². The zero-order valence-corrected chi connectivity index (χ0v) is 11.0. The molecule has 0 aliphatic carbocycles. The number of aryl methyl sites for hydroxylation is 1. The highest BCUT2D eigenvalue weighted by Gasteiger charge is 2.11. The molecule has 0 aliphatic heterocycles. The van der Waals surface area contributed by atoms with Crippen LogP contribution in [0.5, 0.6) is 0 Å². The van der Waals surface area contributed by atoms with Gasteiger partial charge in [-0.15, -0.1) is 0 Å². The van der Waals surface area contributed by atoms with E-state index >= 15 is 0 Å². The lowest BCUT2D eigenvalue weighted by Crippen LogP contribution is -2.24. The Labute approximate surface area is 115 Å². The average Bonchev–Trinajstić information content (AvgIpc) is 2.40. The lowest BCUT2D eigenvalue weighted by Gasteiger charge is -2.07. The summed E-state index contributed by atoms with van der Waals surface area (Å²) in [6, 6.07) is 1.42. The predicted molar refractivity (Wildman–Crippen MR) is 71.6 cm³/mol. The summed E-state index contributed by atoms with van der Waals surface area (Å²) in [7, 11) is 0. The van der Waals surface area contributed by atoms with Crippen molar-refractivity contribution in [2.24, 2.45) is 0 Å². The van der Waals surface area contributed by atoms with Crippen LogP contribution in [0.25, 0.3) is 0 Å². The Morgan fingerprint density at radius 3 is 2.79 bits per heavy atom.